The quantitative estimate of drug-likeness (QED) is 0.620. The van der Waals surface area contributed by atoms with Crippen LogP contribution in [0.3, 0.4) is 0 Å². The molecule has 0 aliphatic rings. The Kier molecular flexibility index (Phi) is 5.33. The zero-order chi connectivity index (χ0) is 11.2. The summed E-state index contributed by atoms with van der Waals surface area (Å²) in [6, 6.07) is 0. The summed E-state index contributed by atoms with van der Waals surface area (Å²) in [5.74, 6) is -0.115. The van der Waals surface area contributed by atoms with E-state index in [4.69, 9.17) is 0 Å². The molecule has 0 saturated carbocycles. The van der Waals surface area contributed by atoms with E-state index in [-0.39, 0.29) is 12.3 Å². The fourth-order valence-electron chi connectivity index (χ4n) is 0.958. The fourth-order valence-corrected chi connectivity index (χ4v) is 1.88. The van der Waals surface area contributed by atoms with Crippen LogP contribution in [0.4, 0.5) is 0 Å². The van der Waals surface area contributed by atoms with Crippen LogP contribution >= 0.6 is 0 Å². The highest BCUT2D eigenvalue weighted by Gasteiger charge is 2.23. The van der Waals surface area contributed by atoms with E-state index in [0.29, 0.717) is 12.8 Å². The van der Waals surface area contributed by atoms with Gasteiger partial charge in [0.15, 0.2) is 0 Å². The Hall–Kier alpha value is -0.390. The molecular formula is C9H19NO3S. The highest BCUT2D eigenvalue weighted by atomic mass is 32.2. The molecule has 4 nitrogen and oxygen atoms in total. The molecule has 0 fully saturated rings. The average Bonchev–Trinajstić information content (AvgIpc) is 2.14. The zero-order valence-corrected chi connectivity index (χ0v) is 9.60. The molecule has 0 radical (unpaired) electrons. The molecule has 14 heavy (non-hydrogen) atoms. The summed E-state index contributed by atoms with van der Waals surface area (Å²) in [5, 5.41) is 9.81. The van der Waals surface area contributed by atoms with Crippen molar-refractivity contribution >= 4 is 10.0 Å². The van der Waals surface area contributed by atoms with Gasteiger partial charge in [-0.2, -0.15) is 0 Å². The average molecular weight is 221 g/mol. The number of aliphatic hydroxyl groups is 1. The van der Waals surface area contributed by atoms with Gasteiger partial charge in [0.1, 0.15) is 0 Å². The minimum absolute atomic E-state index is 0.0656. The van der Waals surface area contributed by atoms with Crippen molar-refractivity contribution in [1.82, 2.24) is 4.72 Å². The van der Waals surface area contributed by atoms with Crippen LogP contribution in [0.15, 0.2) is 12.7 Å². The number of hydrogen-bond donors (Lipinski definition) is 2. The monoisotopic (exact) mass is 221 g/mol. The van der Waals surface area contributed by atoms with Gasteiger partial charge in [-0.15, -0.1) is 6.58 Å². The van der Waals surface area contributed by atoms with Crippen molar-refractivity contribution in [2.75, 3.05) is 12.3 Å². The molecule has 0 aromatic heterocycles. The van der Waals surface area contributed by atoms with Crippen LogP contribution in [0.2, 0.25) is 0 Å². The van der Waals surface area contributed by atoms with E-state index >= 15 is 0 Å². The van der Waals surface area contributed by atoms with Gasteiger partial charge in [-0.25, -0.2) is 13.1 Å². The summed E-state index contributed by atoms with van der Waals surface area (Å²) in [6.07, 6.45) is 2.37. The molecule has 2 N–H and O–H groups in total. The first-order valence-corrected chi connectivity index (χ1v) is 6.35. The number of nitrogens with one attached hydrogen (secondary N) is 1. The molecule has 0 aliphatic carbocycles. The molecule has 0 rings (SSSR count). The third-order valence-electron chi connectivity index (χ3n) is 2.27. The van der Waals surface area contributed by atoms with Gasteiger partial charge in [0.05, 0.1) is 11.4 Å². The molecule has 0 unspecified atom stereocenters. The first kappa shape index (κ1) is 13.6. The van der Waals surface area contributed by atoms with Gasteiger partial charge < -0.3 is 5.11 Å². The van der Waals surface area contributed by atoms with Gasteiger partial charge in [0.2, 0.25) is 10.0 Å². The summed E-state index contributed by atoms with van der Waals surface area (Å²) in [5.41, 5.74) is -0.936. The molecule has 5 heteroatoms. The summed E-state index contributed by atoms with van der Waals surface area (Å²) in [6.45, 7) is 7.06. The van der Waals surface area contributed by atoms with Gasteiger partial charge in [-0.3, -0.25) is 0 Å². The predicted octanol–water partition coefficient (Wildman–Crippen LogP) is 0.643. The fraction of sp³-hybridized carbons (Fsp3) is 0.778. The normalized spacial score (nSPS) is 12.8. The van der Waals surface area contributed by atoms with E-state index in [9.17, 15) is 13.5 Å². The topological polar surface area (TPSA) is 66.4 Å². The molecule has 0 atom stereocenters. The van der Waals surface area contributed by atoms with Crippen molar-refractivity contribution in [3.8, 4) is 0 Å². The van der Waals surface area contributed by atoms with Gasteiger partial charge in [0, 0.05) is 6.54 Å². The van der Waals surface area contributed by atoms with Crippen molar-refractivity contribution in [2.24, 2.45) is 0 Å². The van der Waals surface area contributed by atoms with Crippen molar-refractivity contribution < 1.29 is 13.5 Å². The van der Waals surface area contributed by atoms with E-state index in [1.807, 2.05) is 13.8 Å². The van der Waals surface area contributed by atoms with Crippen LogP contribution in [-0.2, 0) is 10.0 Å². The summed E-state index contributed by atoms with van der Waals surface area (Å²) in [7, 11) is -3.31. The van der Waals surface area contributed by atoms with Gasteiger partial charge in [-0.05, 0) is 12.8 Å². The van der Waals surface area contributed by atoms with E-state index in [1.165, 1.54) is 6.08 Å². The van der Waals surface area contributed by atoms with E-state index in [0.717, 1.165) is 0 Å². The van der Waals surface area contributed by atoms with Gasteiger partial charge >= 0.3 is 0 Å². The molecule has 84 valence electrons. The third-order valence-corrected chi connectivity index (χ3v) is 3.53. The van der Waals surface area contributed by atoms with E-state index < -0.39 is 15.6 Å². The Morgan fingerprint density at radius 3 is 2.29 bits per heavy atom. The summed E-state index contributed by atoms with van der Waals surface area (Å²) in [4.78, 5) is 0. The maximum absolute atomic E-state index is 11.2. The van der Waals surface area contributed by atoms with E-state index in [1.54, 1.807) is 0 Å². The second kappa shape index (κ2) is 5.48. The molecule has 0 spiro atoms. The second-order valence-corrected chi connectivity index (χ2v) is 5.17. The summed E-state index contributed by atoms with van der Waals surface area (Å²) < 4.78 is 24.8. The highest BCUT2D eigenvalue weighted by Crippen LogP contribution is 2.13. The molecule has 0 bridgehead atoms. The van der Waals surface area contributed by atoms with Crippen LogP contribution in [0.1, 0.15) is 26.7 Å². The van der Waals surface area contributed by atoms with Crippen molar-refractivity contribution in [1.29, 1.82) is 0 Å². The highest BCUT2D eigenvalue weighted by molar-refractivity contribution is 7.89. The second-order valence-electron chi connectivity index (χ2n) is 3.32. The number of rotatable bonds is 7. The minimum atomic E-state index is -3.31. The lowest BCUT2D eigenvalue weighted by Crippen LogP contribution is -2.42. The van der Waals surface area contributed by atoms with Crippen molar-refractivity contribution in [2.45, 2.75) is 32.3 Å². The lowest BCUT2D eigenvalue weighted by Gasteiger charge is -2.25. The largest absolute Gasteiger partial charge is 0.389 e. The molecule has 0 aromatic carbocycles. The van der Waals surface area contributed by atoms with Gasteiger partial charge in [-0.1, -0.05) is 19.9 Å². The molecule has 0 aromatic rings. The molecule has 0 saturated heterocycles. The molecule has 0 aliphatic heterocycles. The van der Waals surface area contributed by atoms with Crippen LogP contribution in [0.5, 0.6) is 0 Å². The SMILES string of the molecule is C=CCS(=O)(=O)NCC(O)(CC)CC. The zero-order valence-electron chi connectivity index (χ0n) is 8.78. The van der Waals surface area contributed by atoms with Crippen LogP contribution in [-0.4, -0.2) is 31.4 Å². The number of hydrogen-bond acceptors (Lipinski definition) is 3. The third kappa shape index (κ3) is 4.74. The van der Waals surface area contributed by atoms with Crippen molar-refractivity contribution in [3.05, 3.63) is 12.7 Å². The Morgan fingerprint density at radius 1 is 1.43 bits per heavy atom. The minimum Gasteiger partial charge on any atom is -0.389 e. The first-order valence-electron chi connectivity index (χ1n) is 4.69. The Balaban J connectivity index is 4.23. The summed E-state index contributed by atoms with van der Waals surface area (Å²) >= 11 is 0. The van der Waals surface area contributed by atoms with Crippen LogP contribution in [0.25, 0.3) is 0 Å². The maximum atomic E-state index is 11.2. The van der Waals surface area contributed by atoms with Crippen molar-refractivity contribution in [3.63, 3.8) is 0 Å². The van der Waals surface area contributed by atoms with Gasteiger partial charge in [0.25, 0.3) is 0 Å². The lowest BCUT2D eigenvalue weighted by atomic mass is 9.98. The van der Waals surface area contributed by atoms with Crippen LogP contribution in [0, 0.1) is 0 Å². The van der Waals surface area contributed by atoms with Crippen LogP contribution < -0.4 is 4.72 Å². The molecule has 0 heterocycles. The Morgan fingerprint density at radius 2 is 1.93 bits per heavy atom. The smallest absolute Gasteiger partial charge is 0.215 e. The Bertz CT molecular complexity index is 268. The first-order chi connectivity index (χ1) is 6.39. The number of sulfonamides is 1. The lowest BCUT2D eigenvalue weighted by molar-refractivity contribution is 0.0377. The maximum Gasteiger partial charge on any atom is 0.215 e. The molecular weight excluding hydrogens is 202 g/mol. The predicted molar refractivity (Wildman–Crippen MR) is 57.5 cm³/mol. The molecule has 0 amide bonds. The standard InChI is InChI=1S/C9H19NO3S/c1-4-7-14(12,13)10-8-9(11,5-2)6-3/h4,10-11H,1,5-8H2,2-3H3. The Labute approximate surface area is 86.1 Å². The van der Waals surface area contributed by atoms with E-state index in [2.05, 4.69) is 11.3 Å².